The van der Waals surface area contributed by atoms with Gasteiger partial charge in [-0.3, -0.25) is 14.3 Å². The summed E-state index contributed by atoms with van der Waals surface area (Å²) in [6, 6.07) is 16.0. The summed E-state index contributed by atoms with van der Waals surface area (Å²) in [5, 5.41) is 5.62. The van der Waals surface area contributed by atoms with Gasteiger partial charge in [-0.2, -0.15) is 11.8 Å². The van der Waals surface area contributed by atoms with E-state index in [0.29, 0.717) is 5.82 Å². The third-order valence-electron chi connectivity index (χ3n) is 5.17. The maximum Gasteiger partial charge on any atom is 0.330 e. The van der Waals surface area contributed by atoms with Gasteiger partial charge in [0.25, 0.3) is 5.56 Å². The summed E-state index contributed by atoms with van der Waals surface area (Å²) in [7, 11) is 0. The molecule has 1 fully saturated rings. The van der Waals surface area contributed by atoms with Gasteiger partial charge in [0.1, 0.15) is 5.82 Å². The first-order valence-corrected chi connectivity index (χ1v) is 10.5. The molecule has 0 saturated carbocycles. The number of hydrogen-bond donors (Lipinski definition) is 2. The molecule has 0 radical (unpaired) electrons. The van der Waals surface area contributed by atoms with Gasteiger partial charge in [0.15, 0.2) is 0 Å². The minimum Gasteiger partial charge on any atom is -0.365 e. The van der Waals surface area contributed by atoms with E-state index < -0.39 is 0 Å². The van der Waals surface area contributed by atoms with Gasteiger partial charge in [-0.05, 0) is 53.7 Å². The first-order valence-electron chi connectivity index (χ1n) is 9.30. The molecule has 140 valence electrons. The Labute approximate surface area is 161 Å². The molecule has 0 amide bonds. The predicted octanol–water partition coefficient (Wildman–Crippen LogP) is 3.93. The third kappa shape index (κ3) is 3.81. The van der Waals surface area contributed by atoms with Crippen molar-refractivity contribution < 1.29 is 0 Å². The topological polar surface area (TPSA) is 66.9 Å². The molecule has 1 aromatic heterocycles. The summed E-state index contributed by atoms with van der Waals surface area (Å²) >= 11 is 1.87. The first-order chi connectivity index (χ1) is 13.1. The van der Waals surface area contributed by atoms with Gasteiger partial charge in [0, 0.05) is 18.2 Å². The van der Waals surface area contributed by atoms with Crippen LogP contribution in [0.3, 0.4) is 0 Å². The average Bonchev–Trinajstić information content (AvgIpc) is 2.68. The van der Waals surface area contributed by atoms with Gasteiger partial charge in [-0.25, -0.2) is 4.79 Å². The normalized spacial score (nSPS) is 16.3. The second kappa shape index (κ2) is 7.64. The van der Waals surface area contributed by atoms with E-state index in [1.165, 1.54) is 21.4 Å². The van der Waals surface area contributed by atoms with E-state index in [-0.39, 0.29) is 23.3 Å². The molecule has 4 rings (SSSR count). The molecule has 2 heterocycles. The number of aromatic amines is 1. The third-order valence-corrected chi connectivity index (χ3v) is 6.22. The summed E-state index contributed by atoms with van der Waals surface area (Å²) < 4.78 is 1.38. The number of aromatic nitrogens is 2. The zero-order valence-electron chi connectivity index (χ0n) is 15.3. The minimum absolute atomic E-state index is 0.00876. The van der Waals surface area contributed by atoms with Gasteiger partial charge in [0.2, 0.25) is 0 Å². The molecule has 1 aliphatic rings. The molecule has 6 heteroatoms. The number of nitrogens with zero attached hydrogens (tertiary/aromatic N) is 1. The largest absolute Gasteiger partial charge is 0.365 e. The Hall–Kier alpha value is -2.47. The van der Waals surface area contributed by atoms with Gasteiger partial charge in [-0.15, -0.1) is 0 Å². The zero-order valence-corrected chi connectivity index (χ0v) is 16.1. The monoisotopic (exact) mass is 381 g/mol. The molecule has 1 atom stereocenters. The van der Waals surface area contributed by atoms with Crippen LogP contribution in [0.4, 0.5) is 5.82 Å². The van der Waals surface area contributed by atoms with Crippen LogP contribution in [0.15, 0.2) is 58.1 Å². The maximum atomic E-state index is 12.5. The lowest BCUT2D eigenvalue weighted by Gasteiger charge is -2.23. The van der Waals surface area contributed by atoms with E-state index in [1.807, 2.05) is 30.8 Å². The van der Waals surface area contributed by atoms with E-state index in [9.17, 15) is 9.59 Å². The number of hydrogen-bond acceptors (Lipinski definition) is 4. The fourth-order valence-electron chi connectivity index (χ4n) is 3.67. The number of anilines is 1. The Kier molecular flexibility index (Phi) is 5.07. The van der Waals surface area contributed by atoms with Crippen molar-refractivity contribution in [1.82, 2.24) is 9.55 Å². The van der Waals surface area contributed by atoms with Crippen LogP contribution in [0.1, 0.15) is 37.4 Å². The molecule has 0 bridgehead atoms. The molecular weight excluding hydrogens is 358 g/mol. The molecule has 1 aliphatic heterocycles. The lowest BCUT2D eigenvalue weighted by molar-refractivity contribution is 0.437. The Morgan fingerprint density at radius 2 is 1.81 bits per heavy atom. The van der Waals surface area contributed by atoms with Crippen molar-refractivity contribution in [3.8, 4) is 0 Å². The molecule has 3 aromatic rings. The second-order valence-corrected chi connectivity index (χ2v) is 8.24. The number of thioether (sulfide) groups is 1. The van der Waals surface area contributed by atoms with Crippen molar-refractivity contribution in [2.75, 3.05) is 16.8 Å². The van der Waals surface area contributed by atoms with Crippen molar-refractivity contribution in [3.05, 3.63) is 74.9 Å². The Bertz CT molecular complexity index is 1040. The summed E-state index contributed by atoms with van der Waals surface area (Å²) in [6.45, 7) is 2.02. The molecule has 2 N–H and O–H groups in total. The van der Waals surface area contributed by atoms with E-state index >= 15 is 0 Å². The van der Waals surface area contributed by atoms with Crippen LogP contribution in [0, 0.1) is 0 Å². The Morgan fingerprint density at radius 3 is 2.56 bits per heavy atom. The molecule has 5 nitrogen and oxygen atoms in total. The van der Waals surface area contributed by atoms with Crippen molar-refractivity contribution in [2.45, 2.75) is 31.8 Å². The van der Waals surface area contributed by atoms with Crippen LogP contribution < -0.4 is 16.6 Å². The maximum absolute atomic E-state index is 12.5. The molecule has 0 aliphatic carbocycles. The van der Waals surface area contributed by atoms with Gasteiger partial charge < -0.3 is 5.32 Å². The van der Waals surface area contributed by atoms with Crippen LogP contribution >= 0.6 is 11.8 Å². The van der Waals surface area contributed by atoms with E-state index in [4.69, 9.17) is 0 Å². The number of H-pyrrole nitrogens is 1. The molecule has 2 aromatic carbocycles. The lowest BCUT2D eigenvalue weighted by Crippen LogP contribution is -2.39. The minimum atomic E-state index is -0.326. The Morgan fingerprint density at radius 1 is 1.07 bits per heavy atom. The van der Waals surface area contributed by atoms with Gasteiger partial charge >= 0.3 is 5.69 Å². The standard InChI is InChI=1S/C21H23N3O2S/c1-14(16-7-6-15-4-2-3-5-17(15)12-16)22-19-13-20(25)24(21(26)23-19)18-8-10-27-11-9-18/h2-7,12-14,18,22H,8-11H2,1H3,(H,23,26)/t14-/m0/s1. The van der Waals surface area contributed by atoms with Gasteiger partial charge in [-0.1, -0.05) is 36.4 Å². The van der Waals surface area contributed by atoms with Crippen LogP contribution in [-0.4, -0.2) is 21.1 Å². The average molecular weight is 382 g/mol. The summed E-state index contributed by atoms with van der Waals surface area (Å²) in [5.74, 6) is 2.46. The smallest absolute Gasteiger partial charge is 0.330 e. The summed E-state index contributed by atoms with van der Waals surface area (Å²) in [5.41, 5.74) is 0.541. The van der Waals surface area contributed by atoms with Crippen molar-refractivity contribution in [1.29, 1.82) is 0 Å². The lowest BCUT2D eigenvalue weighted by atomic mass is 10.0. The highest BCUT2D eigenvalue weighted by Crippen LogP contribution is 2.25. The highest BCUT2D eigenvalue weighted by Gasteiger charge is 2.19. The fraction of sp³-hybridized carbons (Fsp3) is 0.333. The SMILES string of the molecule is C[C@H](Nc1cc(=O)n(C2CCSCC2)c(=O)[nH]1)c1ccc2ccccc2c1. The van der Waals surface area contributed by atoms with Crippen molar-refractivity contribution in [3.63, 3.8) is 0 Å². The van der Waals surface area contributed by atoms with E-state index in [1.54, 1.807) is 0 Å². The molecular formula is C21H23N3O2S. The van der Waals surface area contributed by atoms with Crippen molar-refractivity contribution in [2.24, 2.45) is 0 Å². The quantitative estimate of drug-likeness (QED) is 0.719. The highest BCUT2D eigenvalue weighted by atomic mass is 32.2. The highest BCUT2D eigenvalue weighted by molar-refractivity contribution is 7.99. The van der Waals surface area contributed by atoms with Crippen LogP contribution in [0.5, 0.6) is 0 Å². The Balaban J connectivity index is 1.58. The number of fused-ring (bicyclic) bond motifs is 1. The number of nitrogens with one attached hydrogen (secondary N) is 2. The number of rotatable bonds is 4. The molecule has 0 spiro atoms. The van der Waals surface area contributed by atoms with Crippen LogP contribution in [0.25, 0.3) is 10.8 Å². The molecule has 27 heavy (non-hydrogen) atoms. The van der Waals surface area contributed by atoms with E-state index in [2.05, 4.69) is 40.6 Å². The first kappa shape index (κ1) is 17.9. The van der Waals surface area contributed by atoms with Gasteiger partial charge in [0.05, 0.1) is 0 Å². The summed E-state index contributed by atoms with van der Waals surface area (Å²) in [6.07, 6.45) is 1.74. The predicted molar refractivity (Wildman–Crippen MR) is 113 cm³/mol. The van der Waals surface area contributed by atoms with Crippen LogP contribution in [0.2, 0.25) is 0 Å². The van der Waals surface area contributed by atoms with E-state index in [0.717, 1.165) is 29.9 Å². The second-order valence-electron chi connectivity index (χ2n) is 7.01. The fourth-order valence-corrected chi connectivity index (χ4v) is 4.75. The van der Waals surface area contributed by atoms with Crippen LogP contribution in [-0.2, 0) is 0 Å². The number of benzene rings is 2. The summed E-state index contributed by atoms with van der Waals surface area (Å²) in [4.78, 5) is 27.9. The zero-order chi connectivity index (χ0) is 18.8. The molecule has 0 unspecified atom stereocenters. The molecule has 1 saturated heterocycles. The van der Waals surface area contributed by atoms with Crippen molar-refractivity contribution >= 4 is 28.4 Å².